The molecule has 0 fully saturated rings. The summed E-state index contributed by atoms with van der Waals surface area (Å²) in [6.07, 6.45) is -11.1. The molecule has 0 aromatic heterocycles. The maximum atomic E-state index is 13.9. The number of nitrogens with zero attached hydrogens (tertiary/aromatic N) is 1. The smallest absolute Gasteiger partial charge is 0.432 e. The van der Waals surface area contributed by atoms with Crippen molar-refractivity contribution in [1.82, 2.24) is 4.90 Å². The van der Waals surface area contributed by atoms with Crippen LogP contribution in [0.3, 0.4) is 0 Å². The predicted molar refractivity (Wildman–Crippen MR) is 86.9 cm³/mol. The number of alkyl halides is 6. The predicted octanol–water partition coefficient (Wildman–Crippen LogP) is 3.55. The highest BCUT2D eigenvalue weighted by Crippen LogP contribution is 2.49. The van der Waals surface area contributed by atoms with E-state index >= 15 is 0 Å². The van der Waals surface area contributed by atoms with E-state index in [1.807, 2.05) is 0 Å². The molecule has 1 aliphatic rings. The topological polar surface area (TPSA) is 65.1 Å². The zero-order valence-corrected chi connectivity index (χ0v) is 16.3. The number of carbonyl (C=O) groups excluding carboxylic acids is 2. The van der Waals surface area contributed by atoms with Crippen molar-refractivity contribution in [1.29, 1.82) is 0 Å². The van der Waals surface area contributed by atoms with Crippen molar-refractivity contribution in [3.05, 3.63) is 22.5 Å². The van der Waals surface area contributed by atoms with Gasteiger partial charge in [0.25, 0.3) is 0 Å². The van der Waals surface area contributed by atoms with Gasteiger partial charge in [0, 0.05) is 13.0 Å². The van der Waals surface area contributed by atoms with Gasteiger partial charge in [0.15, 0.2) is 0 Å². The average molecular weight is 433 g/mol. The molecular weight excluding hydrogens is 412 g/mol. The molecule has 12 heteroatoms. The minimum atomic E-state index is -5.38. The maximum absolute atomic E-state index is 13.9. The minimum absolute atomic E-state index is 0.282. The van der Waals surface area contributed by atoms with E-state index in [-0.39, 0.29) is 11.3 Å². The van der Waals surface area contributed by atoms with Gasteiger partial charge in [-0.25, -0.2) is 9.59 Å². The Morgan fingerprint density at radius 1 is 0.897 bits per heavy atom. The Hall–Kier alpha value is -2.24. The second kappa shape index (κ2) is 9.06. The van der Waals surface area contributed by atoms with Crippen LogP contribution in [0.15, 0.2) is 22.5 Å². The highest BCUT2D eigenvalue weighted by atomic mass is 19.4. The standard InChI is InChI=1S/C17H21F6NO5/c1-8(2)6-9-10(14(25)28-4)12(16(18,19)20)24(7-27-3)13(17(21,22)23)11(9)15(26)29-5/h8-9H,6-7H2,1-5H3. The van der Waals surface area contributed by atoms with E-state index in [1.165, 1.54) is 13.8 Å². The Morgan fingerprint density at radius 2 is 1.28 bits per heavy atom. The van der Waals surface area contributed by atoms with Gasteiger partial charge in [0.05, 0.1) is 25.4 Å². The molecular formula is C17H21F6NO5. The van der Waals surface area contributed by atoms with Crippen LogP contribution in [0, 0.1) is 11.8 Å². The van der Waals surface area contributed by atoms with Gasteiger partial charge in [-0.1, -0.05) is 13.8 Å². The van der Waals surface area contributed by atoms with Crippen molar-refractivity contribution in [2.45, 2.75) is 32.6 Å². The molecule has 166 valence electrons. The quantitative estimate of drug-likeness (QED) is 0.472. The Balaban J connectivity index is 4.12. The molecule has 1 aliphatic heterocycles. The molecule has 0 N–H and O–H groups in total. The fourth-order valence-corrected chi connectivity index (χ4v) is 3.15. The summed E-state index contributed by atoms with van der Waals surface area (Å²) in [4.78, 5) is 24.3. The summed E-state index contributed by atoms with van der Waals surface area (Å²) in [5.41, 5.74) is -6.01. The van der Waals surface area contributed by atoms with Crippen LogP contribution in [-0.2, 0) is 23.8 Å². The number of rotatable bonds is 6. The molecule has 0 radical (unpaired) electrons. The molecule has 0 aliphatic carbocycles. The minimum Gasteiger partial charge on any atom is -0.466 e. The van der Waals surface area contributed by atoms with Crippen LogP contribution in [0.1, 0.15) is 20.3 Å². The number of methoxy groups -OCH3 is 3. The first-order chi connectivity index (χ1) is 13.2. The van der Waals surface area contributed by atoms with Gasteiger partial charge in [-0.2, -0.15) is 26.3 Å². The molecule has 1 rings (SSSR count). The number of hydrogen-bond acceptors (Lipinski definition) is 6. The van der Waals surface area contributed by atoms with Crippen LogP contribution in [0.2, 0.25) is 0 Å². The van der Waals surface area contributed by atoms with Crippen molar-refractivity contribution in [3.8, 4) is 0 Å². The molecule has 1 heterocycles. The average Bonchev–Trinajstić information content (AvgIpc) is 2.58. The van der Waals surface area contributed by atoms with Crippen LogP contribution in [0.5, 0.6) is 0 Å². The van der Waals surface area contributed by atoms with E-state index in [9.17, 15) is 35.9 Å². The van der Waals surface area contributed by atoms with E-state index < -0.39 is 65.4 Å². The molecule has 6 nitrogen and oxygen atoms in total. The van der Waals surface area contributed by atoms with Crippen molar-refractivity contribution >= 4 is 11.9 Å². The number of esters is 2. The third-order valence-electron chi connectivity index (χ3n) is 4.06. The van der Waals surface area contributed by atoms with Gasteiger partial charge in [-0.15, -0.1) is 0 Å². The van der Waals surface area contributed by atoms with Crippen LogP contribution in [0.4, 0.5) is 26.3 Å². The highest BCUT2D eigenvalue weighted by molar-refractivity contribution is 5.98. The first-order valence-electron chi connectivity index (χ1n) is 8.28. The van der Waals surface area contributed by atoms with E-state index in [2.05, 4.69) is 14.2 Å². The van der Waals surface area contributed by atoms with Crippen molar-refractivity contribution in [2.24, 2.45) is 11.8 Å². The molecule has 0 saturated carbocycles. The molecule has 0 unspecified atom stereocenters. The summed E-state index contributed by atoms with van der Waals surface area (Å²) in [6, 6.07) is 0. The van der Waals surface area contributed by atoms with Gasteiger partial charge in [-0.3, -0.25) is 0 Å². The Bertz CT molecular complexity index is 656. The van der Waals surface area contributed by atoms with Crippen LogP contribution < -0.4 is 0 Å². The Labute approximate surface area is 163 Å². The third-order valence-corrected chi connectivity index (χ3v) is 4.06. The fourth-order valence-electron chi connectivity index (χ4n) is 3.15. The number of allylic oxidation sites excluding steroid dienone is 2. The van der Waals surface area contributed by atoms with Gasteiger partial charge in [-0.05, 0) is 12.3 Å². The van der Waals surface area contributed by atoms with Crippen molar-refractivity contribution < 1.29 is 50.1 Å². The lowest BCUT2D eigenvalue weighted by Crippen LogP contribution is -2.47. The first-order valence-corrected chi connectivity index (χ1v) is 8.28. The van der Waals surface area contributed by atoms with E-state index in [1.54, 1.807) is 0 Å². The van der Waals surface area contributed by atoms with Gasteiger partial charge < -0.3 is 19.1 Å². The number of halogens is 6. The molecule has 0 amide bonds. The summed E-state index contributed by atoms with van der Waals surface area (Å²) in [7, 11) is 2.45. The summed E-state index contributed by atoms with van der Waals surface area (Å²) in [5.74, 6) is -5.34. The summed E-state index contributed by atoms with van der Waals surface area (Å²) < 4.78 is 96.6. The summed E-state index contributed by atoms with van der Waals surface area (Å²) in [6.45, 7) is 1.82. The van der Waals surface area contributed by atoms with Crippen molar-refractivity contribution in [2.75, 3.05) is 28.1 Å². The Kier molecular flexibility index (Phi) is 7.74. The number of carbonyl (C=O) groups is 2. The van der Waals surface area contributed by atoms with Crippen LogP contribution in [-0.4, -0.2) is 57.3 Å². The fraction of sp³-hybridized carbons (Fsp3) is 0.647. The molecule has 0 spiro atoms. The van der Waals surface area contributed by atoms with Gasteiger partial charge in [0.2, 0.25) is 0 Å². The highest BCUT2D eigenvalue weighted by Gasteiger charge is 2.56. The molecule has 0 aromatic carbocycles. The van der Waals surface area contributed by atoms with E-state index in [4.69, 9.17) is 0 Å². The second-order valence-electron chi connectivity index (χ2n) is 6.53. The third kappa shape index (κ3) is 5.22. The largest absolute Gasteiger partial charge is 0.466 e. The molecule has 0 saturated heterocycles. The molecule has 29 heavy (non-hydrogen) atoms. The van der Waals surface area contributed by atoms with Crippen LogP contribution in [0.25, 0.3) is 0 Å². The summed E-state index contributed by atoms with van der Waals surface area (Å²) in [5, 5.41) is 0. The lowest BCUT2D eigenvalue weighted by Gasteiger charge is -2.40. The zero-order valence-electron chi connectivity index (χ0n) is 16.3. The second-order valence-corrected chi connectivity index (χ2v) is 6.53. The van der Waals surface area contributed by atoms with Gasteiger partial charge in [0.1, 0.15) is 18.1 Å². The van der Waals surface area contributed by atoms with Crippen LogP contribution >= 0.6 is 0 Å². The molecule has 0 aromatic rings. The zero-order chi connectivity index (χ0) is 22.7. The Morgan fingerprint density at radius 3 is 1.52 bits per heavy atom. The maximum Gasteiger partial charge on any atom is 0.432 e. The van der Waals surface area contributed by atoms with Crippen molar-refractivity contribution in [3.63, 3.8) is 0 Å². The van der Waals surface area contributed by atoms with E-state index in [0.717, 1.165) is 21.3 Å². The molecule has 0 atom stereocenters. The summed E-state index contributed by atoms with van der Waals surface area (Å²) >= 11 is 0. The SMILES string of the molecule is COCN1C(C(F)(F)F)=C(C(=O)OC)C(CC(C)C)C(C(=O)OC)=C1C(F)(F)F. The number of hydrogen-bond donors (Lipinski definition) is 0. The first kappa shape index (κ1) is 24.8. The monoisotopic (exact) mass is 433 g/mol. The number of ether oxygens (including phenoxy) is 3. The normalized spacial score (nSPS) is 16.6. The van der Waals surface area contributed by atoms with E-state index in [0.29, 0.717) is 0 Å². The lowest BCUT2D eigenvalue weighted by molar-refractivity contribution is -0.155. The lowest BCUT2D eigenvalue weighted by atomic mass is 9.79. The van der Waals surface area contributed by atoms with Gasteiger partial charge >= 0.3 is 24.3 Å². The molecule has 0 bridgehead atoms.